The van der Waals surface area contributed by atoms with Crippen LogP contribution in [0.2, 0.25) is 0 Å². The molecule has 6 nitrogen and oxygen atoms in total. The third-order valence-corrected chi connectivity index (χ3v) is 3.63. The van der Waals surface area contributed by atoms with Crippen molar-refractivity contribution in [2.75, 3.05) is 6.61 Å². The molecule has 0 spiro atoms. The highest BCUT2D eigenvalue weighted by Crippen LogP contribution is 2.12. The van der Waals surface area contributed by atoms with Gasteiger partial charge in [0.25, 0.3) is 0 Å². The van der Waals surface area contributed by atoms with Crippen LogP contribution in [0.4, 0.5) is 5.69 Å². The average Bonchev–Trinajstić information content (AvgIpc) is 2.51. The van der Waals surface area contributed by atoms with Crippen molar-refractivity contribution in [3.8, 4) is 5.75 Å². The summed E-state index contributed by atoms with van der Waals surface area (Å²) in [5, 5.41) is 10.8. The molecule has 23 heavy (non-hydrogen) atoms. The van der Waals surface area contributed by atoms with Gasteiger partial charge in [-0.05, 0) is 44.9 Å². The normalized spacial score (nSPS) is 10.5. The number of pyridine rings is 1. The van der Waals surface area contributed by atoms with E-state index in [4.69, 9.17) is 4.74 Å². The summed E-state index contributed by atoms with van der Waals surface area (Å²) in [6.07, 6.45) is 1.48. The first-order valence-corrected chi connectivity index (χ1v) is 7.53. The van der Waals surface area contributed by atoms with E-state index in [1.807, 2.05) is 31.2 Å². The Hall–Kier alpha value is -2.63. The molecule has 0 saturated carbocycles. The second-order valence-corrected chi connectivity index (χ2v) is 5.44. The van der Waals surface area contributed by atoms with E-state index in [1.54, 1.807) is 13.0 Å². The Labute approximate surface area is 134 Å². The predicted molar refractivity (Wildman–Crippen MR) is 88.0 cm³/mol. The van der Waals surface area contributed by atoms with Crippen molar-refractivity contribution < 1.29 is 9.66 Å². The van der Waals surface area contributed by atoms with Crippen LogP contribution < -0.4 is 10.3 Å². The molecule has 0 radical (unpaired) electrons. The van der Waals surface area contributed by atoms with E-state index in [2.05, 4.69) is 0 Å². The number of benzene rings is 1. The van der Waals surface area contributed by atoms with E-state index < -0.39 is 10.5 Å². The third-order valence-electron chi connectivity index (χ3n) is 3.63. The van der Waals surface area contributed by atoms with Gasteiger partial charge in [0, 0.05) is 18.3 Å². The van der Waals surface area contributed by atoms with E-state index in [-0.39, 0.29) is 5.69 Å². The first-order chi connectivity index (χ1) is 11.0. The van der Waals surface area contributed by atoms with Crippen molar-refractivity contribution in [3.63, 3.8) is 0 Å². The minimum atomic E-state index is -0.640. The number of nitrogens with zero attached hydrogens (tertiary/aromatic N) is 2. The zero-order valence-electron chi connectivity index (χ0n) is 13.3. The summed E-state index contributed by atoms with van der Waals surface area (Å²) in [6, 6.07) is 10.7. The molecule has 2 rings (SSSR count). The van der Waals surface area contributed by atoms with Crippen LogP contribution in [0.3, 0.4) is 0 Å². The lowest BCUT2D eigenvalue weighted by atomic mass is 10.2. The maximum absolute atomic E-state index is 12.0. The lowest BCUT2D eigenvalue weighted by Crippen LogP contribution is -2.24. The first-order valence-electron chi connectivity index (χ1n) is 7.53. The number of unbranched alkanes of at least 4 members (excludes halogenated alkanes) is 1. The topological polar surface area (TPSA) is 74.4 Å². The van der Waals surface area contributed by atoms with Gasteiger partial charge in [0.1, 0.15) is 5.75 Å². The summed E-state index contributed by atoms with van der Waals surface area (Å²) in [4.78, 5) is 22.2. The number of nitro groups is 1. The highest BCUT2D eigenvalue weighted by molar-refractivity contribution is 5.28. The molecule has 6 heteroatoms. The number of rotatable bonds is 7. The van der Waals surface area contributed by atoms with Crippen molar-refractivity contribution in [3.05, 3.63) is 68.1 Å². The summed E-state index contributed by atoms with van der Waals surface area (Å²) in [5.74, 6) is 0.819. The highest BCUT2D eigenvalue weighted by Gasteiger charge is 2.15. The zero-order valence-corrected chi connectivity index (χ0v) is 13.3. The quantitative estimate of drug-likeness (QED) is 0.446. The maximum atomic E-state index is 12.0. The smallest absolute Gasteiger partial charge is 0.334 e. The van der Waals surface area contributed by atoms with E-state index in [0.717, 1.165) is 17.9 Å². The van der Waals surface area contributed by atoms with E-state index in [0.29, 0.717) is 19.6 Å². The second-order valence-electron chi connectivity index (χ2n) is 5.44. The standard InChI is InChI=1S/C17H20N2O4/c1-13-5-8-15(9-6-13)23-12-4-3-11-18-14(2)7-10-16(17(18)20)19(21)22/h5-10H,3-4,11-12H2,1-2H3. The molecule has 0 aliphatic carbocycles. The van der Waals surface area contributed by atoms with Crippen LogP contribution in [0.25, 0.3) is 0 Å². The largest absolute Gasteiger partial charge is 0.494 e. The third kappa shape index (κ3) is 4.42. The summed E-state index contributed by atoms with van der Waals surface area (Å²) >= 11 is 0. The van der Waals surface area contributed by atoms with Crippen LogP contribution in [-0.2, 0) is 6.54 Å². The van der Waals surface area contributed by atoms with Crippen LogP contribution in [0.1, 0.15) is 24.1 Å². The van der Waals surface area contributed by atoms with Gasteiger partial charge in [-0.1, -0.05) is 17.7 Å². The van der Waals surface area contributed by atoms with Gasteiger partial charge in [-0.3, -0.25) is 14.9 Å². The van der Waals surface area contributed by atoms with Crippen molar-refractivity contribution in [1.29, 1.82) is 0 Å². The highest BCUT2D eigenvalue weighted by atomic mass is 16.6. The molecule has 0 saturated heterocycles. The Morgan fingerprint density at radius 2 is 1.78 bits per heavy atom. The molecule has 0 bridgehead atoms. The van der Waals surface area contributed by atoms with Gasteiger partial charge in [0.05, 0.1) is 11.5 Å². The number of ether oxygens (including phenoxy) is 1. The van der Waals surface area contributed by atoms with Gasteiger partial charge in [0.2, 0.25) is 0 Å². The average molecular weight is 316 g/mol. The van der Waals surface area contributed by atoms with Gasteiger partial charge in [-0.25, -0.2) is 0 Å². The fraction of sp³-hybridized carbons (Fsp3) is 0.353. The Morgan fingerprint density at radius 1 is 1.09 bits per heavy atom. The van der Waals surface area contributed by atoms with Crippen molar-refractivity contribution in [1.82, 2.24) is 4.57 Å². The summed E-state index contributed by atoms with van der Waals surface area (Å²) < 4.78 is 7.07. The fourth-order valence-corrected chi connectivity index (χ4v) is 2.27. The molecule has 0 aliphatic rings. The van der Waals surface area contributed by atoms with Gasteiger partial charge < -0.3 is 9.30 Å². The molecule has 0 amide bonds. The van der Waals surface area contributed by atoms with Crippen LogP contribution in [0.5, 0.6) is 5.75 Å². The minimum Gasteiger partial charge on any atom is -0.494 e. The molecule has 0 unspecified atom stereocenters. The Morgan fingerprint density at radius 3 is 2.43 bits per heavy atom. The van der Waals surface area contributed by atoms with Crippen molar-refractivity contribution >= 4 is 5.69 Å². The summed E-state index contributed by atoms with van der Waals surface area (Å²) in [6.45, 7) is 4.78. The molecule has 1 heterocycles. The SMILES string of the molecule is Cc1ccc(OCCCCn2c(C)ccc([N+](=O)[O-])c2=O)cc1. The van der Waals surface area contributed by atoms with Gasteiger partial charge >= 0.3 is 11.2 Å². The number of hydrogen-bond acceptors (Lipinski definition) is 4. The summed E-state index contributed by atoms with van der Waals surface area (Å²) in [5.41, 5.74) is 0.971. The summed E-state index contributed by atoms with van der Waals surface area (Å²) in [7, 11) is 0. The number of hydrogen-bond donors (Lipinski definition) is 0. The zero-order chi connectivity index (χ0) is 16.8. The maximum Gasteiger partial charge on any atom is 0.334 e. The molecular formula is C17H20N2O4. The first kappa shape index (κ1) is 16.7. The molecule has 122 valence electrons. The van der Waals surface area contributed by atoms with Gasteiger partial charge in [0.15, 0.2) is 0 Å². The molecule has 0 fully saturated rings. The van der Waals surface area contributed by atoms with Crippen LogP contribution in [0, 0.1) is 24.0 Å². The van der Waals surface area contributed by atoms with Crippen LogP contribution in [0.15, 0.2) is 41.2 Å². The second kappa shape index (κ2) is 7.58. The molecule has 0 N–H and O–H groups in total. The van der Waals surface area contributed by atoms with Gasteiger partial charge in [-0.15, -0.1) is 0 Å². The minimum absolute atomic E-state index is 0.383. The number of aryl methyl sites for hydroxylation is 2. The lowest BCUT2D eigenvalue weighted by Gasteiger charge is -2.10. The van der Waals surface area contributed by atoms with Crippen LogP contribution >= 0.6 is 0 Å². The molecule has 1 aromatic carbocycles. The number of aromatic nitrogens is 1. The molecule has 0 aliphatic heterocycles. The lowest BCUT2D eigenvalue weighted by molar-refractivity contribution is -0.386. The van der Waals surface area contributed by atoms with E-state index >= 15 is 0 Å². The Kier molecular flexibility index (Phi) is 5.51. The van der Waals surface area contributed by atoms with Gasteiger partial charge in [-0.2, -0.15) is 0 Å². The monoisotopic (exact) mass is 316 g/mol. The van der Waals surface area contributed by atoms with Crippen LogP contribution in [-0.4, -0.2) is 16.1 Å². The molecular weight excluding hydrogens is 296 g/mol. The van der Waals surface area contributed by atoms with E-state index in [9.17, 15) is 14.9 Å². The Bertz CT molecular complexity index is 735. The predicted octanol–water partition coefficient (Wildman–Crippen LogP) is 3.23. The molecule has 2 aromatic rings. The molecule has 1 aromatic heterocycles. The Balaban J connectivity index is 1.87. The van der Waals surface area contributed by atoms with Crippen molar-refractivity contribution in [2.45, 2.75) is 33.2 Å². The molecule has 0 atom stereocenters. The van der Waals surface area contributed by atoms with E-state index in [1.165, 1.54) is 16.2 Å². The fourth-order valence-electron chi connectivity index (χ4n) is 2.27. The van der Waals surface area contributed by atoms with Crippen molar-refractivity contribution in [2.24, 2.45) is 0 Å².